The van der Waals surface area contributed by atoms with Gasteiger partial charge in [0.2, 0.25) is 0 Å². The van der Waals surface area contributed by atoms with Crippen LogP contribution in [0.3, 0.4) is 0 Å². The molecule has 1 aliphatic heterocycles. The average Bonchev–Trinajstić information content (AvgIpc) is 2.98. The van der Waals surface area contributed by atoms with Crippen molar-refractivity contribution in [3.8, 4) is 0 Å². The molecule has 2 aromatic rings. The Morgan fingerprint density at radius 3 is 2.77 bits per heavy atom. The number of carbonyl (C=O) groups is 1. The number of hydrogen-bond acceptors (Lipinski definition) is 3. The van der Waals surface area contributed by atoms with E-state index in [1.165, 1.54) is 5.56 Å². The second-order valence-corrected chi connectivity index (χ2v) is 5.85. The molecule has 1 saturated heterocycles. The second kappa shape index (κ2) is 6.71. The van der Waals surface area contributed by atoms with Gasteiger partial charge in [-0.2, -0.15) is 0 Å². The summed E-state index contributed by atoms with van der Waals surface area (Å²) in [6.45, 7) is 2.87. The van der Waals surface area contributed by atoms with Gasteiger partial charge >= 0.3 is 5.97 Å². The highest BCUT2D eigenvalue weighted by Gasteiger charge is 2.24. The van der Waals surface area contributed by atoms with Crippen molar-refractivity contribution in [3.05, 3.63) is 65.5 Å². The van der Waals surface area contributed by atoms with Crippen LogP contribution in [0.4, 0.5) is 0 Å². The first kappa shape index (κ1) is 14.7. The van der Waals surface area contributed by atoms with Crippen molar-refractivity contribution in [2.75, 3.05) is 13.1 Å². The highest BCUT2D eigenvalue weighted by Crippen LogP contribution is 2.28. The Kier molecular flexibility index (Phi) is 4.49. The summed E-state index contributed by atoms with van der Waals surface area (Å²) in [4.78, 5) is 17.6. The van der Waals surface area contributed by atoms with Crippen molar-refractivity contribution in [1.82, 2.24) is 9.88 Å². The molecule has 0 spiro atoms. The maximum Gasteiger partial charge on any atom is 0.307 e. The smallest absolute Gasteiger partial charge is 0.307 e. The van der Waals surface area contributed by atoms with Crippen LogP contribution in [0.1, 0.15) is 29.0 Å². The van der Waals surface area contributed by atoms with Crippen LogP contribution in [-0.2, 0) is 17.8 Å². The largest absolute Gasteiger partial charge is 0.481 e. The highest BCUT2D eigenvalue weighted by atomic mass is 16.4. The number of nitrogens with zero attached hydrogens (tertiary/aromatic N) is 2. The normalized spacial score (nSPS) is 18.5. The Balaban J connectivity index is 1.67. The molecule has 1 aromatic carbocycles. The predicted molar refractivity (Wildman–Crippen MR) is 84.7 cm³/mol. The Labute approximate surface area is 130 Å². The number of aromatic nitrogens is 1. The molecule has 0 radical (unpaired) electrons. The lowest BCUT2D eigenvalue weighted by Crippen LogP contribution is -2.21. The quantitative estimate of drug-likeness (QED) is 0.921. The summed E-state index contributed by atoms with van der Waals surface area (Å²) in [7, 11) is 0. The standard InChI is InChI=1S/C18H20N2O2/c21-18(22)10-14-4-1-2-5-16(14)12-20-9-7-17(13-20)15-6-3-8-19-11-15/h1-6,8,11,17H,7,9-10,12-13H2,(H,21,22). The molecule has 1 aliphatic rings. The molecule has 0 amide bonds. The third kappa shape index (κ3) is 3.52. The van der Waals surface area contributed by atoms with Gasteiger partial charge in [-0.1, -0.05) is 30.3 Å². The lowest BCUT2D eigenvalue weighted by atomic mass is 10.0. The number of pyridine rings is 1. The van der Waals surface area contributed by atoms with E-state index in [9.17, 15) is 4.79 Å². The Bertz CT molecular complexity index is 643. The third-order valence-corrected chi connectivity index (χ3v) is 4.28. The summed E-state index contributed by atoms with van der Waals surface area (Å²) >= 11 is 0. The number of hydrogen-bond donors (Lipinski definition) is 1. The van der Waals surface area contributed by atoms with Crippen molar-refractivity contribution >= 4 is 5.97 Å². The number of likely N-dealkylation sites (tertiary alicyclic amines) is 1. The first-order chi connectivity index (χ1) is 10.7. The average molecular weight is 296 g/mol. The molecule has 22 heavy (non-hydrogen) atoms. The maximum atomic E-state index is 11.0. The zero-order chi connectivity index (χ0) is 15.4. The van der Waals surface area contributed by atoms with Crippen LogP contribution < -0.4 is 0 Å². The van der Waals surface area contributed by atoms with Gasteiger partial charge in [0.1, 0.15) is 0 Å². The van der Waals surface area contributed by atoms with Gasteiger partial charge in [-0.15, -0.1) is 0 Å². The molecule has 0 bridgehead atoms. The zero-order valence-corrected chi connectivity index (χ0v) is 12.5. The fourth-order valence-corrected chi connectivity index (χ4v) is 3.15. The molecular formula is C18H20N2O2. The third-order valence-electron chi connectivity index (χ3n) is 4.28. The van der Waals surface area contributed by atoms with E-state index in [4.69, 9.17) is 5.11 Å². The predicted octanol–water partition coefficient (Wildman–Crippen LogP) is 2.70. The van der Waals surface area contributed by atoms with Crippen LogP contribution >= 0.6 is 0 Å². The molecular weight excluding hydrogens is 276 g/mol. The summed E-state index contributed by atoms with van der Waals surface area (Å²) in [6.07, 6.45) is 4.98. The Hall–Kier alpha value is -2.20. The first-order valence-corrected chi connectivity index (χ1v) is 7.63. The maximum absolute atomic E-state index is 11.0. The van der Waals surface area contributed by atoms with E-state index < -0.39 is 5.97 Å². The molecule has 0 saturated carbocycles. The van der Waals surface area contributed by atoms with E-state index in [1.54, 1.807) is 6.20 Å². The van der Waals surface area contributed by atoms with Gasteiger partial charge in [0.05, 0.1) is 6.42 Å². The topological polar surface area (TPSA) is 53.4 Å². The van der Waals surface area contributed by atoms with E-state index in [-0.39, 0.29) is 6.42 Å². The van der Waals surface area contributed by atoms with Crippen LogP contribution in [-0.4, -0.2) is 34.0 Å². The van der Waals surface area contributed by atoms with Crippen LogP contribution in [0.15, 0.2) is 48.8 Å². The molecule has 1 fully saturated rings. The van der Waals surface area contributed by atoms with E-state index in [2.05, 4.69) is 16.0 Å². The highest BCUT2D eigenvalue weighted by molar-refractivity contribution is 5.70. The van der Waals surface area contributed by atoms with Gasteiger partial charge in [0.25, 0.3) is 0 Å². The molecule has 4 nitrogen and oxygen atoms in total. The van der Waals surface area contributed by atoms with Crippen molar-refractivity contribution < 1.29 is 9.90 Å². The molecule has 3 rings (SSSR count). The zero-order valence-electron chi connectivity index (χ0n) is 12.5. The molecule has 114 valence electrons. The van der Waals surface area contributed by atoms with Gasteiger partial charge in [-0.25, -0.2) is 0 Å². The minimum absolute atomic E-state index is 0.0933. The minimum Gasteiger partial charge on any atom is -0.481 e. The van der Waals surface area contributed by atoms with Gasteiger partial charge in [-0.3, -0.25) is 14.7 Å². The number of benzene rings is 1. The van der Waals surface area contributed by atoms with Crippen molar-refractivity contribution in [3.63, 3.8) is 0 Å². The summed E-state index contributed by atoms with van der Waals surface area (Å²) in [5.74, 6) is -0.248. The molecule has 0 aliphatic carbocycles. The second-order valence-electron chi connectivity index (χ2n) is 5.85. The lowest BCUT2D eigenvalue weighted by Gasteiger charge is -2.18. The minimum atomic E-state index is -0.776. The van der Waals surface area contributed by atoms with Gasteiger partial charge in [-0.05, 0) is 41.6 Å². The van der Waals surface area contributed by atoms with Gasteiger partial charge < -0.3 is 5.11 Å². The fraction of sp³-hybridized carbons (Fsp3) is 0.333. The van der Waals surface area contributed by atoms with E-state index in [1.807, 2.05) is 36.5 Å². The molecule has 2 heterocycles. The summed E-state index contributed by atoms with van der Waals surface area (Å²) < 4.78 is 0. The lowest BCUT2D eigenvalue weighted by molar-refractivity contribution is -0.136. The van der Waals surface area contributed by atoms with Crippen molar-refractivity contribution in [2.45, 2.75) is 25.3 Å². The van der Waals surface area contributed by atoms with E-state index in [0.717, 1.165) is 37.2 Å². The van der Waals surface area contributed by atoms with Gasteiger partial charge in [0.15, 0.2) is 0 Å². The number of aliphatic carboxylic acids is 1. The van der Waals surface area contributed by atoms with Crippen LogP contribution in [0.2, 0.25) is 0 Å². The van der Waals surface area contributed by atoms with Crippen LogP contribution in [0.25, 0.3) is 0 Å². The molecule has 1 aromatic heterocycles. The molecule has 1 N–H and O–H groups in total. The summed E-state index contributed by atoms with van der Waals surface area (Å²) in [6, 6.07) is 12.0. The van der Waals surface area contributed by atoms with Crippen molar-refractivity contribution in [2.24, 2.45) is 0 Å². The number of carboxylic acids is 1. The Morgan fingerprint density at radius 1 is 1.23 bits per heavy atom. The van der Waals surface area contributed by atoms with E-state index in [0.29, 0.717) is 5.92 Å². The molecule has 4 heteroatoms. The number of carboxylic acid groups (broad SMARTS) is 1. The number of rotatable bonds is 5. The van der Waals surface area contributed by atoms with Crippen LogP contribution in [0, 0.1) is 0 Å². The van der Waals surface area contributed by atoms with Crippen molar-refractivity contribution in [1.29, 1.82) is 0 Å². The SMILES string of the molecule is O=C(O)Cc1ccccc1CN1CCC(c2cccnc2)C1. The van der Waals surface area contributed by atoms with Crippen LogP contribution in [0.5, 0.6) is 0 Å². The summed E-state index contributed by atoms with van der Waals surface area (Å²) in [5, 5.41) is 9.02. The van der Waals surface area contributed by atoms with Gasteiger partial charge in [0, 0.05) is 25.5 Å². The molecule has 1 atom stereocenters. The monoisotopic (exact) mass is 296 g/mol. The molecule has 1 unspecified atom stereocenters. The summed E-state index contributed by atoms with van der Waals surface area (Å²) in [5.41, 5.74) is 3.33. The Morgan fingerprint density at radius 2 is 2.05 bits per heavy atom. The van der Waals surface area contributed by atoms with E-state index >= 15 is 0 Å². The fourth-order valence-electron chi connectivity index (χ4n) is 3.15. The first-order valence-electron chi connectivity index (χ1n) is 7.63.